The molecule has 5 heteroatoms. The Bertz CT molecular complexity index is 615. The van der Waals surface area contributed by atoms with Crippen LogP contribution in [0.2, 0.25) is 0 Å². The zero-order valence-corrected chi connectivity index (χ0v) is 11.9. The maximum atomic E-state index is 8.88. The van der Waals surface area contributed by atoms with E-state index in [4.69, 9.17) is 5.26 Å². The van der Waals surface area contributed by atoms with E-state index in [1.807, 2.05) is 18.1 Å². The highest BCUT2D eigenvalue weighted by Crippen LogP contribution is 2.17. The van der Waals surface area contributed by atoms with E-state index in [-0.39, 0.29) is 0 Å². The quantitative estimate of drug-likeness (QED) is 0.628. The Morgan fingerprint density at radius 1 is 1.10 bits per heavy atom. The van der Waals surface area contributed by atoms with Crippen molar-refractivity contribution in [3.8, 4) is 6.19 Å². The molecule has 2 aromatic rings. The van der Waals surface area contributed by atoms with Gasteiger partial charge in [0.1, 0.15) is 18.0 Å². The normalized spacial score (nSPS) is 9.90. The molecule has 0 aliphatic carbocycles. The summed E-state index contributed by atoms with van der Waals surface area (Å²) in [4.78, 5) is 11.8. The minimum atomic E-state index is 0.591. The fraction of sp³-hybridized carbons (Fsp3) is 0.267. The van der Waals surface area contributed by atoms with Crippen LogP contribution in [0.15, 0.2) is 36.7 Å². The highest BCUT2D eigenvalue weighted by atomic mass is 15.2. The fourth-order valence-corrected chi connectivity index (χ4v) is 1.83. The molecule has 0 unspecified atom stereocenters. The summed E-state index contributed by atoms with van der Waals surface area (Å²) in [5.74, 6) is 1.38. The second-order valence-electron chi connectivity index (χ2n) is 4.74. The highest BCUT2D eigenvalue weighted by molar-refractivity contribution is 5.51. The SMILES string of the molecule is Cc1ccc(CN(C)c2cc(N(C)C#N)ncn2)cc1. The Hall–Kier alpha value is -2.61. The van der Waals surface area contributed by atoms with E-state index in [1.54, 1.807) is 13.1 Å². The van der Waals surface area contributed by atoms with Gasteiger partial charge in [-0.15, -0.1) is 0 Å². The Balaban J connectivity index is 2.15. The molecule has 0 N–H and O–H groups in total. The van der Waals surface area contributed by atoms with Crippen molar-refractivity contribution in [1.29, 1.82) is 5.26 Å². The van der Waals surface area contributed by atoms with Gasteiger partial charge in [-0.3, -0.25) is 4.90 Å². The van der Waals surface area contributed by atoms with Gasteiger partial charge >= 0.3 is 0 Å². The smallest absolute Gasteiger partial charge is 0.185 e. The number of hydrogen-bond donors (Lipinski definition) is 0. The van der Waals surface area contributed by atoms with Gasteiger partial charge < -0.3 is 4.90 Å². The predicted molar refractivity (Wildman–Crippen MR) is 79.3 cm³/mol. The maximum Gasteiger partial charge on any atom is 0.185 e. The van der Waals surface area contributed by atoms with E-state index < -0.39 is 0 Å². The molecule has 0 bridgehead atoms. The molecule has 0 saturated heterocycles. The second kappa shape index (κ2) is 6.02. The minimum absolute atomic E-state index is 0.591. The predicted octanol–water partition coefficient (Wildman–Crippen LogP) is 2.34. The Morgan fingerprint density at radius 2 is 1.75 bits per heavy atom. The number of aromatic nitrogens is 2. The Labute approximate surface area is 119 Å². The number of aryl methyl sites for hydroxylation is 1. The molecule has 1 aromatic heterocycles. The number of nitriles is 1. The summed E-state index contributed by atoms with van der Waals surface area (Å²) in [7, 11) is 3.64. The van der Waals surface area contributed by atoms with Crippen molar-refractivity contribution in [2.75, 3.05) is 23.9 Å². The molecule has 1 aromatic carbocycles. The summed E-state index contributed by atoms with van der Waals surface area (Å²) in [5, 5.41) is 8.88. The molecule has 5 nitrogen and oxygen atoms in total. The van der Waals surface area contributed by atoms with Crippen LogP contribution in [-0.2, 0) is 6.54 Å². The molecule has 0 aliphatic rings. The van der Waals surface area contributed by atoms with E-state index in [0.29, 0.717) is 5.82 Å². The molecule has 20 heavy (non-hydrogen) atoms. The largest absolute Gasteiger partial charge is 0.355 e. The number of anilines is 2. The second-order valence-corrected chi connectivity index (χ2v) is 4.74. The molecule has 0 spiro atoms. The van der Waals surface area contributed by atoms with Crippen molar-refractivity contribution >= 4 is 11.6 Å². The van der Waals surface area contributed by atoms with Gasteiger partial charge in [0.15, 0.2) is 6.19 Å². The van der Waals surface area contributed by atoms with Gasteiger partial charge in [0.25, 0.3) is 0 Å². The molecule has 0 atom stereocenters. The van der Waals surface area contributed by atoms with Gasteiger partial charge in [-0.1, -0.05) is 29.8 Å². The summed E-state index contributed by atoms with van der Waals surface area (Å²) in [6.45, 7) is 2.83. The van der Waals surface area contributed by atoms with Gasteiger partial charge in [0, 0.05) is 26.7 Å². The van der Waals surface area contributed by atoms with Crippen LogP contribution < -0.4 is 9.80 Å². The Kier molecular flexibility index (Phi) is 4.16. The minimum Gasteiger partial charge on any atom is -0.355 e. The maximum absolute atomic E-state index is 8.88. The first-order chi connectivity index (χ1) is 9.60. The molecular weight excluding hydrogens is 250 g/mol. The first-order valence-electron chi connectivity index (χ1n) is 6.32. The molecule has 0 aliphatic heterocycles. The molecule has 1 heterocycles. The first kappa shape index (κ1) is 13.8. The third-order valence-corrected chi connectivity index (χ3v) is 3.06. The van der Waals surface area contributed by atoms with Crippen LogP contribution in [0, 0.1) is 18.4 Å². The average Bonchev–Trinajstić information content (AvgIpc) is 2.49. The van der Waals surface area contributed by atoms with Crippen LogP contribution >= 0.6 is 0 Å². The van der Waals surface area contributed by atoms with Crippen molar-refractivity contribution in [3.05, 3.63) is 47.8 Å². The summed E-state index contributed by atoms with van der Waals surface area (Å²) >= 11 is 0. The summed E-state index contributed by atoms with van der Waals surface area (Å²) in [6.07, 6.45) is 3.50. The zero-order chi connectivity index (χ0) is 14.5. The fourth-order valence-electron chi connectivity index (χ4n) is 1.83. The zero-order valence-electron chi connectivity index (χ0n) is 11.9. The lowest BCUT2D eigenvalue weighted by molar-refractivity contribution is 0.888. The lowest BCUT2D eigenvalue weighted by Crippen LogP contribution is -2.19. The van der Waals surface area contributed by atoms with Gasteiger partial charge in [-0.2, -0.15) is 5.26 Å². The first-order valence-corrected chi connectivity index (χ1v) is 6.32. The van der Waals surface area contributed by atoms with Crippen LogP contribution in [0.25, 0.3) is 0 Å². The molecule has 0 radical (unpaired) electrons. The number of benzene rings is 1. The van der Waals surface area contributed by atoms with Gasteiger partial charge in [-0.25, -0.2) is 9.97 Å². The molecular formula is C15H17N5. The molecule has 0 amide bonds. The van der Waals surface area contributed by atoms with E-state index in [1.165, 1.54) is 22.4 Å². The van der Waals surface area contributed by atoms with Crippen LogP contribution in [0.4, 0.5) is 11.6 Å². The monoisotopic (exact) mass is 267 g/mol. The van der Waals surface area contributed by atoms with E-state index in [2.05, 4.69) is 41.2 Å². The van der Waals surface area contributed by atoms with Gasteiger partial charge in [0.05, 0.1) is 0 Å². The van der Waals surface area contributed by atoms with Crippen LogP contribution in [0.3, 0.4) is 0 Å². The molecule has 102 valence electrons. The van der Waals surface area contributed by atoms with Crippen LogP contribution in [0.5, 0.6) is 0 Å². The third-order valence-electron chi connectivity index (χ3n) is 3.06. The van der Waals surface area contributed by atoms with Crippen molar-refractivity contribution < 1.29 is 0 Å². The van der Waals surface area contributed by atoms with Crippen LogP contribution in [0.1, 0.15) is 11.1 Å². The standard InChI is InChI=1S/C15H17N5/c1-12-4-6-13(7-5-12)9-19(2)14-8-15(18-11-17-14)20(3)10-16/h4-8,11H,9H2,1-3H3. The van der Waals surface area contributed by atoms with E-state index in [0.717, 1.165) is 12.4 Å². The average molecular weight is 267 g/mol. The Morgan fingerprint density at radius 3 is 2.40 bits per heavy atom. The lowest BCUT2D eigenvalue weighted by Gasteiger charge is -2.19. The third kappa shape index (κ3) is 3.23. The van der Waals surface area contributed by atoms with Crippen molar-refractivity contribution in [1.82, 2.24) is 9.97 Å². The molecule has 0 saturated carbocycles. The van der Waals surface area contributed by atoms with Crippen molar-refractivity contribution in [2.45, 2.75) is 13.5 Å². The molecule has 0 fully saturated rings. The highest BCUT2D eigenvalue weighted by Gasteiger charge is 2.07. The van der Waals surface area contributed by atoms with Crippen molar-refractivity contribution in [3.63, 3.8) is 0 Å². The lowest BCUT2D eigenvalue weighted by atomic mass is 10.1. The van der Waals surface area contributed by atoms with Gasteiger partial charge in [0.2, 0.25) is 0 Å². The summed E-state index contributed by atoms with van der Waals surface area (Å²) in [6, 6.07) is 10.2. The van der Waals surface area contributed by atoms with Gasteiger partial charge in [-0.05, 0) is 12.5 Å². The van der Waals surface area contributed by atoms with E-state index in [9.17, 15) is 0 Å². The topological polar surface area (TPSA) is 56.0 Å². The molecule has 2 rings (SSSR count). The summed E-state index contributed by atoms with van der Waals surface area (Å²) < 4.78 is 0. The number of nitrogens with zero attached hydrogens (tertiary/aromatic N) is 5. The summed E-state index contributed by atoms with van der Waals surface area (Å²) in [5.41, 5.74) is 2.46. The van der Waals surface area contributed by atoms with E-state index >= 15 is 0 Å². The number of rotatable bonds is 4. The van der Waals surface area contributed by atoms with Crippen LogP contribution in [-0.4, -0.2) is 24.1 Å². The number of hydrogen-bond acceptors (Lipinski definition) is 5. The van der Waals surface area contributed by atoms with Crippen molar-refractivity contribution in [2.24, 2.45) is 0 Å².